The molecule has 0 saturated heterocycles. The van der Waals surface area contributed by atoms with Crippen LogP contribution in [0.5, 0.6) is 11.5 Å². The van der Waals surface area contributed by atoms with Gasteiger partial charge in [0.2, 0.25) is 0 Å². The van der Waals surface area contributed by atoms with Gasteiger partial charge in [0.1, 0.15) is 11.5 Å². The summed E-state index contributed by atoms with van der Waals surface area (Å²) in [5.41, 5.74) is 2.59. The number of halogens is 1. The van der Waals surface area contributed by atoms with Crippen LogP contribution >= 0.6 is 12.4 Å². The van der Waals surface area contributed by atoms with Gasteiger partial charge in [0.25, 0.3) is 0 Å². The van der Waals surface area contributed by atoms with Crippen LogP contribution in [0.1, 0.15) is 18.1 Å². The summed E-state index contributed by atoms with van der Waals surface area (Å²) in [7, 11) is 1.69. The molecule has 0 saturated carbocycles. The number of benzene rings is 2. The smallest absolute Gasteiger partial charge is 0.119 e. The van der Waals surface area contributed by atoms with E-state index in [2.05, 4.69) is 29.6 Å². The molecule has 1 N–H and O–H groups in total. The molecule has 2 rings (SSSR count). The van der Waals surface area contributed by atoms with E-state index in [1.807, 2.05) is 31.2 Å². The molecule has 0 heterocycles. The van der Waals surface area contributed by atoms with Crippen LogP contribution in [0.25, 0.3) is 0 Å². The molecule has 0 aliphatic heterocycles. The van der Waals surface area contributed by atoms with E-state index in [0.29, 0.717) is 6.61 Å². The Bertz CT molecular complexity index is 526. The molecule has 2 aromatic rings. The topological polar surface area (TPSA) is 30.5 Å². The molecule has 0 bridgehead atoms. The zero-order valence-electron chi connectivity index (χ0n) is 13.2. The standard InChI is InChI=1S/C18H23NO2.ClH/c1-3-21-18-10-6-16(7-11-18)14-19-13-12-15-4-8-17(20-2)9-5-15;/h4-11,19H,3,12-14H2,1-2H3;1H. The van der Waals surface area contributed by atoms with Crippen molar-refractivity contribution < 1.29 is 9.47 Å². The van der Waals surface area contributed by atoms with E-state index in [1.54, 1.807) is 7.11 Å². The van der Waals surface area contributed by atoms with Gasteiger partial charge in [-0.1, -0.05) is 24.3 Å². The normalized spacial score (nSPS) is 9.91. The number of hydrogen-bond acceptors (Lipinski definition) is 3. The predicted octanol–water partition coefficient (Wildman–Crippen LogP) is 3.85. The highest BCUT2D eigenvalue weighted by Gasteiger charge is 1.97. The lowest BCUT2D eigenvalue weighted by atomic mass is 10.1. The predicted molar refractivity (Wildman–Crippen MR) is 93.3 cm³/mol. The molecule has 0 spiro atoms. The van der Waals surface area contributed by atoms with Crippen LogP contribution in [0.15, 0.2) is 48.5 Å². The van der Waals surface area contributed by atoms with E-state index >= 15 is 0 Å². The first-order valence-corrected chi connectivity index (χ1v) is 7.37. The summed E-state index contributed by atoms with van der Waals surface area (Å²) in [6, 6.07) is 16.5. The van der Waals surface area contributed by atoms with E-state index in [4.69, 9.17) is 9.47 Å². The van der Waals surface area contributed by atoms with Crippen LogP contribution < -0.4 is 14.8 Å². The summed E-state index contributed by atoms with van der Waals surface area (Å²) >= 11 is 0. The van der Waals surface area contributed by atoms with Crippen molar-refractivity contribution >= 4 is 12.4 Å². The number of hydrogen-bond donors (Lipinski definition) is 1. The van der Waals surface area contributed by atoms with E-state index in [1.165, 1.54) is 11.1 Å². The van der Waals surface area contributed by atoms with Crippen LogP contribution in [0.4, 0.5) is 0 Å². The SMILES string of the molecule is CCOc1ccc(CNCCc2ccc(OC)cc2)cc1.Cl. The maximum atomic E-state index is 5.43. The van der Waals surface area contributed by atoms with Crippen molar-refractivity contribution in [3.8, 4) is 11.5 Å². The third kappa shape index (κ3) is 5.96. The zero-order chi connectivity index (χ0) is 14.9. The highest BCUT2D eigenvalue weighted by molar-refractivity contribution is 5.85. The van der Waals surface area contributed by atoms with Gasteiger partial charge in [-0.15, -0.1) is 12.4 Å². The van der Waals surface area contributed by atoms with E-state index in [-0.39, 0.29) is 12.4 Å². The van der Waals surface area contributed by atoms with Crippen LogP contribution in [-0.4, -0.2) is 20.3 Å². The third-order valence-corrected chi connectivity index (χ3v) is 3.31. The molecule has 0 unspecified atom stereocenters. The Morgan fingerprint density at radius 2 is 1.45 bits per heavy atom. The van der Waals surface area contributed by atoms with Crippen molar-refractivity contribution in [3.63, 3.8) is 0 Å². The molecule has 0 aromatic heterocycles. The molecule has 4 heteroatoms. The monoisotopic (exact) mass is 321 g/mol. The first-order chi connectivity index (χ1) is 10.3. The summed E-state index contributed by atoms with van der Waals surface area (Å²) in [5, 5.41) is 3.46. The minimum atomic E-state index is 0. The second-order valence-corrected chi connectivity index (χ2v) is 4.85. The van der Waals surface area contributed by atoms with E-state index in [9.17, 15) is 0 Å². The molecular formula is C18H24ClNO2. The van der Waals surface area contributed by atoms with Crippen LogP contribution in [0, 0.1) is 0 Å². The summed E-state index contributed by atoms with van der Waals surface area (Å²) in [6.45, 7) is 4.54. The lowest BCUT2D eigenvalue weighted by molar-refractivity contribution is 0.340. The van der Waals surface area contributed by atoms with Gasteiger partial charge in [-0.2, -0.15) is 0 Å². The van der Waals surface area contributed by atoms with Crippen LogP contribution in [-0.2, 0) is 13.0 Å². The second kappa shape index (κ2) is 10.1. The van der Waals surface area contributed by atoms with Gasteiger partial charge >= 0.3 is 0 Å². The summed E-state index contributed by atoms with van der Waals surface area (Å²) in [4.78, 5) is 0. The Labute approximate surface area is 139 Å². The number of methoxy groups -OCH3 is 1. The Kier molecular flexibility index (Phi) is 8.41. The van der Waals surface area contributed by atoms with Gasteiger partial charge in [-0.05, 0) is 55.3 Å². The van der Waals surface area contributed by atoms with Crippen molar-refractivity contribution in [1.82, 2.24) is 5.32 Å². The molecule has 3 nitrogen and oxygen atoms in total. The Morgan fingerprint density at radius 1 is 0.864 bits per heavy atom. The average Bonchev–Trinajstić information content (AvgIpc) is 2.54. The Balaban J connectivity index is 0.00000242. The summed E-state index contributed by atoms with van der Waals surface area (Å²) in [5.74, 6) is 1.83. The fourth-order valence-corrected chi connectivity index (χ4v) is 2.13. The van der Waals surface area contributed by atoms with Gasteiger partial charge in [0.05, 0.1) is 13.7 Å². The van der Waals surface area contributed by atoms with Gasteiger partial charge in [-0.3, -0.25) is 0 Å². The molecule has 120 valence electrons. The minimum absolute atomic E-state index is 0. The molecule has 0 amide bonds. The number of nitrogens with one attached hydrogen (secondary N) is 1. The van der Waals surface area contributed by atoms with Gasteiger partial charge in [-0.25, -0.2) is 0 Å². The van der Waals surface area contributed by atoms with Crippen molar-refractivity contribution in [2.24, 2.45) is 0 Å². The lowest BCUT2D eigenvalue weighted by Crippen LogP contribution is -2.16. The molecule has 0 radical (unpaired) electrons. The van der Waals surface area contributed by atoms with Gasteiger partial charge in [0, 0.05) is 6.54 Å². The third-order valence-electron chi connectivity index (χ3n) is 3.31. The second-order valence-electron chi connectivity index (χ2n) is 4.85. The molecule has 0 aliphatic carbocycles. The fraction of sp³-hybridized carbons (Fsp3) is 0.333. The number of ether oxygens (including phenoxy) is 2. The highest BCUT2D eigenvalue weighted by Crippen LogP contribution is 2.13. The number of rotatable bonds is 8. The summed E-state index contributed by atoms with van der Waals surface area (Å²) < 4.78 is 10.6. The van der Waals surface area contributed by atoms with Gasteiger partial charge < -0.3 is 14.8 Å². The fourth-order valence-electron chi connectivity index (χ4n) is 2.13. The molecule has 0 atom stereocenters. The zero-order valence-corrected chi connectivity index (χ0v) is 14.0. The van der Waals surface area contributed by atoms with Crippen LogP contribution in [0.3, 0.4) is 0 Å². The maximum absolute atomic E-state index is 5.43. The lowest BCUT2D eigenvalue weighted by Gasteiger charge is -2.07. The molecule has 0 fully saturated rings. The average molecular weight is 322 g/mol. The molecular weight excluding hydrogens is 298 g/mol. The summed E-state index contributed by atoms with van der Waals surface area (Å²) in [6.07, 6.45) is 1.01. The minimum Gasteiger partial charge on any atom is -0.497 e. The Morgan fingerprint density at radius 3 is 2.05 bits per heavy atom. The van der Waals surface area contributed by atoms with Crippen molar-refractivity contribution in [3.05, 3.63) is 59.7 Å². The molecule has 22 heavy (non-hydrogen) atoms. The van der Waals surface area contributed by atoms with E-state index in [0.717, 1.165) is 31.0 Å². The largest absolute Gasteiger partial charge is 0.497 e. The van der Waals surface area contributed by atoms with Crippen LogP contribution in [0.2, 0.25) is 0 Å². The van der Waals surface area contributed by atoms with Crippen molar-refractivity contribution in [2.45, 2.75) is 19.9 Å². The highest BCUT2D eigenvalue weighted by atomic mass is 35.5. The maximum Gasteiger partial charge on any atom is 0.119 e. The quantitative estimate of drug-likeness (QED) is 0.749. The Hall–Kier alpha value is -1.71. The van der Waals surface area contributed by atoms with Crippen molar-refractivity contribution in [1.29, 1.82) is 0 Å². The first kappa shape index (κ1) is 18.3. The van der Waals surface area contributed by atoms with Gasteiger partial charge in [0.15, 0.2) is 0 Å². The van der Waals surface area contributed by atoms with E-state index < -0.39 is 0 Å². The first-order valence-electron chi connectivity index (χ1n) is 7.37. The molecule has 0 aliphatic rings. The molecule has 2 aromatic carbocycles. The van der Waals surface area contributed by atoms with Crippen molar-refractivity contribution in [2.75, 3.05) is 20.3 Å².